The highest BCUT2D eigenvalue weighted by Crippen LogP contribution is 2.53. The summed E-state index contributed by atoms with van der Waals surface area (Å²) in [6.07, 6.45) is 11.8. The predicted molar refractivity (Wildman–Crippen MR) is 569 cm³/mol. The van der Waals surface area contributed by atoms with E-state index in [1.54, 1.807) is 0 Å². The number of hydrogen-bond acceptors (Lipinski definition) is 5. The lowest BCUT2D eigenvalue weighted by molar-refractivity contribution is 1.14. The molecule has 0 aliphatic heterocycles. The van der Waals surface area contributed by atoms with Crippen LogP contribution in [0.2, 0.25) is 0 Å². The summed E-state index contributed by atoms with van der Waals surface area (Å²) in [5.41, 5.74) is 44.4. The summed E-state index contributed by atoms with van der Waals surface area (Å²) in [5.74, 6) is 0. The summed E-state index contributed by atoms with van der Waals surface area (Å²) in [5, 5.41) is 27.9. The zero-order chi connectivity index (χ0) is 88.1. The minimum atomic E-state index is 0. The van der Waals surface area contributed by atoms with Crippen LogP contribution in [0.25, 0.3) is 197 Å². The molecule has 0 N–H and O–H groups in total. The fourth-order valence-electron chi connectivity index (χ4n) is 23.2. The molecule has 0 amide bonds. The van der Waals surface area contributed by atoms with Crippen molar-refractivity contribution in [1.82, 2.24) is 24.9 Å². The summed E-state index contributed by atoms with van der Waals surface area (Å²) >= 11 is 0. The fraction of sp³-hybridized carbons (Fsp3) is 0.109. The van der Waals surface area contributed by atoms with Crippen LogP contribution in [0.3, 0.4) is 0 Å². The van der Waals surface area contributed by atoms with Gasteiger partial charge in [0, 0.05) is 82.9 Å². The Morgan fingerprint density at radius 1 is 0.187 bits per heavy atom. The summed E-state index contributed by atoms with van der Waals surface area (Å²) in [6, 6.07) is 127. The van der Waals surface area contributed by atoms with Crippen LogP contribution < -0.4 is 0 Å². The third kappa shape index (κ3) is 13.3. The molecule has 0 radical (unpaired) electrons. The first-order valence-corrected chi connectivity index (χ1v) is 46.4. The monoisotopic (exact) mass is 1720 g/mol. The predicted octanol–water partition coefficient (Wildman–Crippen LogP) is 33.5. The van der Waals surface area contributed by atoms with E-state index in [-0.39, 0.29) is 14.9 Å². The molecule has 5 heteroatoms. The normalized spacial score (nSPS) is 12.4. The molecule has 0 fully saturated rings. The minimum absolute atomic E-state index is 0. The molecule has 5 heterocycles. The van der Waals surface area contributed by atoms with E-state index in [0.29, 0.717) is 0 Å². The van der Waals surface area contributed by atoms with Gasteiger partial charge in [-0.05, 0) is 315 Å². The van der Waals surface area contributed by atoms with Gasteiger partial charge in [-0.3, -0.25) is 24.9 Å². The second-order valence-corrected chi connectivity index (χ2v) is 36.7. The van der Waals surface area contributed by atoms with Crippen LogP contribution in [0.15, 0.2) is 370 Å². The van der Waals surface area contributed by atoms with E-state index < -0.39 is 0 Å². The van der Waals surface area contributed by atoms with Gasteiger partial charge in [-0.2, -0.15) is 0 Å². The Hall–Kier alpha value is -16.0. The van der Waals surface area contributed by atoms with Crippen LogP contribution in [0, 0.1) is 41.5 Å². The summed E-state index contributed by atoms with van der Waals surface area (Å²) in [4.78, 5) is 23.8. The van der Waals surface area contributed by atoms with E-state index in [9.17, 15) is 0 Å². The van der Waals surface area contributed by atoms with Crippen LogP contribution in [-0.2, 0) is 38.5 Å². The molecular weight excluding hydrogens is 1620 g/mol. The van der Waals surface area contributed by atoms with Crippen LogP contribution >= 0.6 is 0 Å². The van der Waals surface area contributed by atoms with Crippen molar-refractivity contribution in [2.75, 3.05) is 0 Å². The molecular formula is C129H99N5. The van der Waals surface area contributed by atoms with E-state index in [4.69, 9.17) is 19.9 Å². The van der Waals surface area contributed by atoms with Gasteiger partial charge in [-0.15, -0.1) is 0 Å². The van der Waals surface area contributed by atoms with Crippen LogP contribution in [0.4, 0.5) is 0 Å². The van der Waals surface area contributed by atoms with Crippen molar-refractivity contribution in [2.24, 2.45) is 0 Å². The molecule has 0 spiro atoms. The standard InChI is InChI=1S/2C22H16.3C21H15N.C20H14N2.2CH4/c1-14-7-6-12-19-20(14)13-21-17-10-3-2-8-15(17)16-9-4-5-11-18(16)22(19)21;1-14-5-4-8-19-20(14)13-17-12-11-16-10-9-15-6-2-3-7-18(15)21(16)22(17)19;1-13-18-12-15-7-3-5-9-17(15)20(18)21-16-8-4-2-6-14(16)10-11-19(21)22-13;1-13-10-11-22-21-18(13)12-19-16-8-3-2-6-14(16)15-7-4-5-9-17(15)20(19)21;1-13-10-11-22-21-18(13)12-16-9-8-15-7-6-14-4-2-3-5-17(14)19(15)20(16)21;1-12-16-11-14-5-2-3-7-15(14)18(16)19-17(22-12)9-8-13-6-4-10-21-20(13)19;;/h2*2-12H,13H2,1H3;3*2-11H,12H2,1H3;2-10H,11H2,1H3;2*1H4. The topological polar surface area (TPSA) is 64.5 Å². The van der Waals surface area contributed by atoms with Crippen molar-refractivity contribution >= 4 is 130 Å². The quantitative estimate of drug-likeness (QED) is 0.142. The molecule has 5 nitrogen and oxygen atoms in total. The third-order valence-corrected chi connectivity index (χ3v) is 29.4. The van der Waals surface area contributed by atoms with Gasteiger partial charge in [0.25, 0.3) is 0 Å². The molecule has 6 aliphatic carbocycles. The first kappa shape index (κ1) is 82.5. The maximum atomic E-state index is 4.88. The molecule has 0 unspecified atom stereocenters. The summed E-state index contributed by atoms with van der Waals surface area (Å²) in [7, 11) is 0. The number of pyridine rings is 5. The maximum Gasteiger partial charge on any atom is 0.0802 e. The zero-order valence-electron chi connectivity index (χ0n) is 74.7. The summed E-state index contributed by atoms with van der Waals surface area (Å²) in [6.45, 7) is 13.1. The number of aromatic nitrogens is 5. The fourth-order valence-corrected chi connectivity index (χ4v) is 23.2. The molecule has 0 bridgehead atoms. The Balaban J connectivity index is 0.0000000905. The molecule has 30 rings (SSSR count). The number of benzene rings is 19. The highest BCUT2D eigenvalue weighted by atomic mass is 14.7. The number of rotatable bonds is 0. The third-order valence-electron chi connectivity index (χ3n) is 29.4. The molecule has 0 saturated carbocycles. The molecule has 640 valence electrons. The van der Waals surface area contributed by atoms with E-state index in [2.05, 4.69) is 392 Å². The summed E-state index contributed by atoms with van der Waals surface area (Å²) < 4.78 is 0. The highest BCUT2D eigenvalue weighted by Gasteiger charge is 2.32. The lowest BCUT2D eigenvalue weighted by Crippen LogP contribution is -1.94. The Morgan fingerprint density at radius 2 is 0.537 bits per heavy atom. The smallest absolute Gasteiger partial charge is 0.0802 e. The average Bonchev–Trinajstić information content (AvgIpc) is 1.57. The van der Waals surface area contributed by atoms with Crippen LogP contribution in [0.1, 0.15) is 115 Å². The Bertz CT molecular complexity index is 8510. The van der Waals surface area contributed by atoms with Crippen molar-refractivity contribution in [3.05, 3.63) is 471 Å². The molecule has 5 aromatic heterocycles. The van der Waals surface area contributed by atoms with Gasteiger partial charge in [0.1, 0.15) is 0 Å². The number of aryl methyl sites for hydroxylation is 6. The van der Waals surface area contributed by atoms with Crippen LogP contribution in [0.5, 0.6) is 0 Å². The second kappa shape index (κ2) is 33.2. The molecule has 19 aromatic carbocycles. The SMILES string of the molecule is C.C.Cc1cccc2c1Cc1c-2c2ccccc2c2ccccc12.Cc1cccc2c1Cc1ccc3ccc4ccccc4c3c1-2.Cc1ccnc2c1Cc1c-2c2ccccc2c2ccccc12.Cc1ccnc2c1Cc1ccc3ccc4ccccc4c3c1-2.Cc1nc2ccc3ccccc3c2c2c1Cc1ccccc1-2.Cc1nc2ccc3cccnc3c2c2c1Cc1ccccc1-2. The maximum absolute atomic E-state index is 4.88. The molecule has 6 aliphatic rings. The van der Waals surface area contributed by atoms with Crippen LogP contribution in [-0.4, -0.2) is 24.9 Å². The molecule has 134 heavy (non-hydrogen) atoms. The van der Waals surface area contributed by atoms with Gasteiger partial charge < -0.3 is 0 Å². The number of nitrogens with zero attached hydrogens (tertiary/aromatic N) is 5. The molecule has 0 saturated heterocycles. The van der Waals surface area contributed by atoms with Crippen molar-refractivity contribution < 1.29 is 0 Å². The van der Waals surface area contributed by atoms with Crippen molar-refractivity contribution in [3.63, 3.8) is 0 Å². The Morgan fingerprint density at radius 3 is 1.10 bits per heavy atom. The minimum Gasteiger partial charge on any atom is -0.256 e. The van der Waals surface area contributed by atoms with Crippen molar-refractivity contribution in [3.8, 4) is 67.0 Å². The van der Waals surface area contributed by atoms with E-state index in [1.807, 2.05) is 24.7 Å². The van der Waals surface area contributed by atoms with Crippen molar-refractivity contribution in [1.29, 1.82) is 0 Å². The first-order chi connectivity index (χ1) is 65.0. The number of hydrogen-bond donors (Lipinski definition) is 0. The molecule has 24 aromatic rings. The van der Waals surface area contributed by atoms with E-state index in [0.717, 1.165) is 66.5 Å². The van der Waals surface area contributed by atoms with E-state index >= 15 is 0 Å². The van der Waals surface area contributed by atoms with E-state index in [1.165, 1.54) is 269 Å². The van der Waals surface area contributed by atoms with Gasteiger partial charge in [0.05, 0.1) is 27.9 Å². The number of fused-ring (bicyclic) bond motifs is 44. The lowest BCUT2D eigenvalue weighted by atomic mass is 9.92. The first-order valence-electron chi connectivity index (χ1n) is 46.4. The van der Waals surface area contributed by atoms with Gasteiger partial charge in [0.15, 0.2) is 0 Å². The second-order valence-electron chi connectivity index (χ2n) is 36.7. The largest absolute Gasteiger partial charge is 0.256 e. The van der Waals surface area contributed by atoms with Gasteiger partial charge in [-0.25, -0.2) is 0 Å². The van der Waals surface area contributed by atoms with Gasteiger partial charge >= 0.3 is 0 Å². The van der Waals surface area contributed by atoms with Gasteiger partial charge in [-0.1, -0.05) is 336 Å². The van der Waals surface area contributed by atoms with Crippen molar-refractivity contribution in [2.45, 2.75) is 94.9 Å². The zero-order valence-corrected chi connectivity index (χ0v) is 74.7. The Labute approximate surface area is 781 Å². The highest BCUT2D eigenvalue weighted by molar-refractivity contribution is 6.22. The Kier molecular flexibility index (Phi) is 20.4. The van der Waals surface area contributed by atoms with Gasteiger partial charge in [0.2, 0.25) is 0 Å². The lowest BCUT2D eigenvalue weighted by Gasteiger charge is -2.12. The molecule has 0 atom stereocenters. The average molecular weight is 1720 g/mol.